The Morgan fingerprint density at radius 3 is 2.88 bits per heavy atom. The molecule has 2 heterocycles. The lowest BCUT2D eigenvalue weighted by Crippen LogP contribution is -2.37. The quantitative estimate of drug-likeness (QED) is 0.859. The van der Waals surface area contributed by atoms with Gasteiger partial charge < -0.3 is 10.6 Å². The van der Waals surface area contributed by atoms with E-state index in [0.29, 0.717) is 18.3 Å². The molecule has 0 aromatic carbocycles. The molecule has 96 valence electrons. The van der Waals surface area contributed by atoms with E-state index in [1.54, 1.807) is 6.20 Å². The van der Waals surface area contributed by atoms with Gasteiger partial charge in [0.1, 0.15) is 5.69 Å². The molecule has 17 heavy (non-hydrogen) atoms. The topological polar surface area (TPSA) is 66.9 Å². The molecule has 1 atom stereocenters. The maximum Gasteiger partial charge on any atom is 0.271 e. The summed E-state index contributed by atoms with van der Waals surface area (Å²) in [4.78, 5) is 19.3. The van der Waals surface area contributed by atoms with E-state index in [0.717, 1.165) is 13.0 Å². The average molecular weight is 279 g/mol. The van der Waals surface area contributed by atoms with Crippen molar-refractivity contribution in [1.82, 2.24) is 20.6 Å². The summed E-state index contributed by atoms with van der Waals surface area (Å²) in [7, 11) is 0. The van der Waals surface area contributed by atoms with E-state index in [9.17, 15) is 4.79 Å². The minimum absolute atomic E-state index is 0. The molecule has 2 rings (SSSR count). The van der Waals surface area contributed by atoms with Gasteiger partial charge in [-0.3, -0.25) is 9.78 Å². The molecule has 1 unspecified atom stereocenters. The van der Waals surface area contributed by atoms with E-state index in [4.69, 9.17) is 0 Å². The Hall–Kier alpha value is -0.910. The Bertz CT molecular complexity index is 330. The molecule has 0 aliphatic carbocycles. The first-order chi connectivity index (χ1) is 7.36. The number of halogens is 2. The van der Waals surface area contributed by atoms with Crippen LogP contribution in [0.25, 0.3) is 0 Å². The summed E-state index contributed by atoms with van der Waals surface area (Å²) in [6.45, 7) is 1.71. The molecule has 0 radical (unpaired) electrons. The van der Waals surface area contributed by atoms with Gasteiger partial charge in [-0.1, -0.05) is 0 Å². The predicted octanol–water partition coefficient (Wildman–Crippen LogP) is 0.802. The average Bonchev–Trinajstić information content (AvgIpc) is 2.80. The molecule has 1 aliphatic heterocycles. The summed E-state index contributed by atoms with van der Waals surface area (Å²) >= 11 is 0. The number of hydrogen-bond acceptors (Lipinski definition) is 4. The Labute approximate surface area is 113 Å². The van der Waals surface area contributed by atoms with Gasteiger partial charge in [0.2, 0.25) is 0 Å². The Morgan fingerprint density at radius 2 is 2.29 bits per heavy atom. The fraction of sp³-hybridized carbons (Fsp3) is 0.500. The van der Waals surface area contributed by atoms with Crippen molar-refractivity contribution < 1.29 is 4.79 Å². The fourth-order valence-electron chi connectivity index (χ4n) is 1.65. The third kappa shape index (κ3) is 4.85. The molecule has 0 saturated carbocycles. The normalized spacial score (nSPS) is 17.8. The van der Waals surface area contributed by atoms with Gasteiger partial charge in [0.15, 0.2) is 0 Å². The van der Waals surface area contributed by atoms with Crippen LogP contribution in [0.3, 0.4) is 0 Å². The molecule has 5 nitrogen and oxygen atoms in total. The van der Waals surface area contributed by atoms with Gasteiger partial charge in [-0.2, -0.15) is 0 Å². The maximum absolute atomic E-state index is 11.6. The Balaban J connectivity index is 0.00000128. The van der Waals surface area contributed by atoms with Crippen molar-refractivity contribution in [3.05, 3.63) is 24.3 Å². The van der Waals surface area contributed by atoms with Gasteiger partial charge in [-0.15, -0.1) is 24.8 Å². The zero-order chi connectivity index (χ0) is 10.5. The molecule has 2 N–H and O–H groups in total. The summed E-state index contributed by atoms with van der Waals surface area (Å²) < 4.78 is 0. The highest BCUT2D eigenvalue weighted by atomic mass is 35.5. The number of nitrogens with zero attached hydrogens (tertiary/aromatic N) is 2. The second kappa shape index (κ2) is 8.22. The molecule has 1 saturated heterocycles. The first-order valence-corrected chi connectivity index (χ1v) is 5.14. The van der Waals surface area contributed by atoms with Gasteiger partial charge in [-0.25, -0.2) is 4.98 Å². The number of rotatable bonds is 3. The molecule has 1 amide bonds. The Kier molecular flexibility index (Phi) is 7.78. The summed E-state index contributed by atoms with van der Waals surface area (Å²) in [6, 6.07) is 0.408. The fourth-order valence-corrected chi connectivity index (χ4v) is 1.65. The van der Waals surface area contributed by atoms with Gasteiger partial charge in [0.05, 0.1) is 6.20 Å². The zero-order valence-corrected chi connectivity index (χ0v) is 10.9. The molecular weight excluding hydrogens is 263 g/mol. The second-order valence-electron chi connectivity index (χ2n) is 3.59. The van der Waals surface area contributed by atoms with Crippen LogP contribution in [0, 0.1) is 0 Å². The second-order valence-corrected chi connectivity index (χ2v) is 3.59. The van der Waals surface area contributed by atoms with Crippen LogP contribution in [0.2, 0.25) is 0 Å². The standard InChI is InChI=1S/C10H14N4O.2ClH/c15-10(9-7-11-4-5-13-9)14-6-8-2-1-3-12-8;;/h4-5,7-8,12H,1-3,6H2,(H,14,15);2*1H. The zero-order valence-electron chi connectivity index (χ0n) is 9.26. The number of carbonyl (C=O) groups excluding carboxylic acids is 1. The highest BCUT2D eigenvalue weighted by Gasteiger charge is 2.15. The van der Waals surface area contributed by atoms with Crippen molar-refractivity contribution in [2.45, 2.75) is 18.9 Å². The monoisotopic (exact) mass is 278 g/mol. The summed E-state index contributed by atoms with van der Waals surface area (Å²) in [5.74, 6) is -0.156. The van der Waals surface area contributed by atoms with E-state index in [2.05, 4.69) is 20.6 Å². The molecule has 0 spiro atoms. The smallest absolute Gasteiger partial charge is 0.271 e. The minimum Gasteiger partial charge on any atom is -0.349 e. The maximum atomic E-state index is 11.6. The van der Waals surface area contributed by atoms with E-state index in [1.165, 1.54) is 18.8 Å². The molecule has 1 aromatic heterocycles. The number of nitrogens with one attached hydrogen (secondary N) is 2. The number of hydrogen-bond donors (Lipinski definition) is 2. The molecule has 7 heteroatoms. The Morgan fingerprint density at radius 1 is 1.47 bits per heavy atom. The molecule has 1 aromatic rings. The third-order valence-electron chi connectivity index (χ3n) is 2.47. The first kappa shape index (κ1) is 16.1. The SMILES string of the molecule is Cl.Cl.O=C(NCC1CCCN1)c1cnccn1. The highest BCUT2D eigenvalue weighted by molar-refractivity contribution is 5.91. The van der Waals surface area contributed by atoms with Gasteiger partial charge >= 0.3 is 0 Å². The first-order valence-electron chi connectivity index (χ1n) is 5.14. The molecule has 1 fully saturated rings. The van der Waals surface area contributed by atoms with Crippen LogP contribution in [0.15, 0.2) is 18.6 Å². The van der Waals surface area contributed by atoms with Crippen molar-refractivity contribution >= 4 is 30.7 Å². The number of amides is 1. The predicted molar refractivity (Wildman–Crippen MR) is 69.9 cm³/mol. The van der Waals surface area contributed by atoms with Crippen LogP contribution in [-0.2, 0) is 0 Å². The van der Waals surface area contributed by atoms with Crippen LogP contribution in [0.4, 0.5) is 0 Å². The largest absolute Gasteiger partial charge is 0.349 e. The van der Waals surface area contributed by atoms with Crippen molar-refractivity contribution in [3.8, 4) is 0 Å². The molecular formula is C10H16Cl2N4O. The van der Waals surface area contributed by atoms with Crippen molar-refractivity contribution in [3.63, 3.8) is 0 Å². The van der Waals surface area contributed by atoms with Crippen LogP contribution in [-0.4, -0.2) is 35.0 Å². The van der Waals surface area contributed by atoms with Crippen molar-refractivity contribution in [1.29, 1.82) is 0 Å². The number of aromatic nitrogens is 2. The van der Waals surface area contributed by atoms with Crippen LogP contribution in [0.5, 0.6) is 0 Å². The highest BCUT2D eigenvalue weighted by Crippen LogP contribution is 2.03. The van der Waals surface area contributed by atoms with Gasteiger partial charge in [0, 0.05) is 25.0 Å². The lowest BCUT2D eigenvalue weighted by molar-refractivity contribution is 0.0945. The van der Waals surface area contributed by atoms with Gasteiger partial charge in [0.25, 0.3) is 5.91 Å². The minimum atomic E-state index is -0.156. The molecule has 1 aliphatic rings. The third-order valence-corrected chi connectivity index (χ3v) is 2.47. The van der Waals surface area contributed by atoms with E-state index in [1.807, 2.05) is 0 Å². The van der Waals surface area contributed by atoms with Crippen LogP contribution >= 0.6 is 24.8 Å². The number of carbonyl (C=O) groups is 1. The van der Waals surface area contributed by atoms with E-state index >= 15 is 0 Å². The summed E-state index contributed by atoms with van der Waals surface area (Å²) in [5.41, 5.74) is 0.371. The lowest BCUT2D eigenvalue weighted by Gasteiger charge is -2.10. The molecule has 0 bridgehead atoms. The van der Waals surface area contributed by atoms with Crippen LogP contribution in [0.1, 0.15) is 23.3 Å². The van der Waals surface area contributed by atoms with Crippen LogP contribution < -0.4 is 10.6 Å². The van der Waals surface area contributed by atoms with E-state index in [-0.39, 0.29) is 30.7 Å². The summed E-state index contributed by atoms with van der Waals surface area (Å²) in [6.07, 6.45) is 6.85. The van der Waals surface area contributed by atoms with Crippen molar-refractivity contribution in [2.75, 3.05) is 13.1 Å². The van der Waals surface area contributed by atoms with E-state index < -0.39 is 0 Å². The summed E-state index contributed by atoms with van der Waals surface area (Å²) in [5, 5.41) is 6.15. The van der Waals surface area contributed by atoms with Gasteiger partial charge in [-0.05, 0) is 19.4 Å². The van der Waals surface area contributed by atoms with Crippen molar-refractivity contribution in [2.24, 2.45) is 0 Å². The lowest BCUT2D eigenvalue weighted by atomic mass is 10.2.